The molecule has 128 valence electrons. The van der Waals surface area contributed by atoms with Crippen molar-refractivity contribution in [2.45, 2.75) is 13.1 Å². The number of hydrogen-bond acceptors (Lipinski definition) is 7. The zero-order chi connectivity index (χ0) is 14.7. The fraction of sp³-hybridized carbons (Fsp3) is 0.429. The molecule has 0 radical (unpaired) electrons. The van der Waals surface area contributed by atoms with Gasteiger partial charge in [0.05, 0.1) is 13.1 Å². The Morgan fingerprint density at radius 1 is 1.09 bits per heavy atom. The molecule has 1 aromatic heterocycles. The van der Waals surface area contributed by atoms with Gasteiger partial charge in [0.1, 0.15) is 5.75 Å². The van der Waals surface area contributed by atoms with Gasteiger partial charge in [0, 0.05) is 31.9 Å². The largest absolute Gasteiger partial charge is 0.508 e. The monoisotopic (exact) mass is 361 g/mol. The van der Waals surface area contributed by atoms with Gasteiger partial charge in [-0.3, -0.25) is 4.90 Å². The molecule has 7 nitrogen and oxygen atoms in total. The van der Waals surface area contributed by atoms with Gasteiger partial charge >= 0.3 is 0 Å². The Bertz CT molecular complexity index is 585. The number of nitrogens with zero attached hydrogens (tertiary/aromatic N) is 4. The fourth-order valence-electron chi connectivity index (χ4n) is 2.46. The highest BCUT2D eigenvalue weighted by molar-refractivity contribution is 5.85. The molecule has 1 aliphatic rings. The van der Waals surface area contributed by atoms with Crippen LogP contribution in [0.1, 0.15) is 11.7 Å². The Morgan fingerprint density at radius 3 is 2.30 bits per heavy atom. The number of aromatic hydroxyl groups is 1. The lowest BCUT2D eigenvalue weighted by Crippen LogP contribution is -2.46. The summed E-state index contributed by atoms with van der Waals surface area (Å²) in [4.78, 5) is 8.82. The molecule has 3 N–H and O–H groups in total. The summed E-state index contributed by atoms with van der Waals surface area (Å²) in [7, 11) is 0. The maximum Gasteiger partial charge on any atom is 0.240 e. The standard InChI is InChI=1S/C14H19N5O2.2ClH/c15-9-14-16-13(17-21-14)10-18-5-7-19(8-6-18)11-1-3-12(20)4-2-11;;/h1-4,20H,5-10,15H2;2*1H. The molecule has 9 heteroatoms. The van der Waals surface area contributed by atoms with E-state index in [9.17, 15) is 5.11 Å². The minimum absolute atomic E-state index is 0. The predicted molar refractivity (Wildman–Crippen MR) is 92.3 cm³/mol. The summed E-state index contributed by atoms with van der Waals surface area (Å²) in [6, 6.07) is 7.32. The quantitative estimate of drug-likeness (QED) is 0.849. The number of aromatic nitrogens is 2. The topological polar surface area (TPSA) is 91.7 Å². The molecule has 0 unspecified atom stereocenters. The molecule has 2 heterocycles. The number of piperazine rings is 1. The Hall–Kier alpha value is -1.54. The summed E-state index contributed by atoms with van der Waals surface area (Å²) in [5, 5.41) is 13.2. The van der Waals surface area contributed by atoms with E-state index in [1.807, 2.05) is 12.1 Å². The van der Waals surface area contributed by atoms with Crippen molar-refractivity contribution in [3.8, 4) is 5.75 Å². The maximum absolute atomic E-state index is 9.33. The molecular weight excluding hydrogens is 341 g/mol. The van der Waals surface area contributed by atoms with Crippen LogP contribution in [-0.4, -0.2) is 46.3 Å². The minimum Gasteiger partial charge on any atom is -0.508 e. The first kappa shape index (κ1) is 19.5. The molecule has 0 bridgehead atoms. The molecule has 1 fully saturated rings. The van der Waals surface area contributed by atoms with Crippen molar-refractivity contribution in [2.24, 2.45) is 5.73 Å². The molecule has 0 amide bonds. The molecule has 0 spiro atoms. The zero-order valence-corrected chi connectivity index (χ0v) is 14.2. The molecule has 23 heavy (non-hydrogen) atoms. The van der Waals surface area contributed by atoms with Crippen LogP contribution in [-0.2, 0) is 13.1 Å². The second kappa shape index (κ2) is 8.93. The second-order valence-corrected chi connectivity index (χ2v) is 5.09. The zero-order valence-electron chi connectivity index (χ0n) is 12.6. The van der Waals surface area contributed by atoms with E-state index in [4.69, 9.17) is 10.3 Å². The van der Waals surface area contributed by atoms with Crippen molar-refractivity contribution >= 4 is 30.5 Å². The molecule has 3 rings (SSSR count). The third kappa shape index (κ3) is 4.97. The lowest BCUT2D eigenvalue weighted by molar-refractivity contribution is 0.240. The van der Waals surface area contributed by atoms with Crippen molar-refractivity contribution in [1.29, 1.82) is 0 Å². The SMILES string of the molecule is Cl.Cl.NCc1nc(CN2CCN(c3ccc(O)cc3)CC2)no1. The number of nitrogens with two attached hydrogens (primary N) is 1. The van der Waals surface area contributed by atoms with Gasteiger partial charge in [-0.25, -0.2) is 0 Å². The van der Waals surface area contributed by atoms with E-state index < -0.39 is 0 Å². The van der Waals surface area contributed by atoms with Crippen LogP contribution in [0.25, 0.3) is 0 Å². The Balaban J connectivity index is 0.00000132. The second-order valence-electron chi connectivity index (χ2n) is 5.09. The number of phenolic OH excluding ortho intramolecular Hbond substituents is 1. The van der Waals surface area contributed by atoms with E-state index in [0.29, 0.717) is 24.0 Å². The van der Waals surface area contributed by atoms with E-state index >= 15 is 0 Å². The van der Waals surface area contributed by atoms with E-state index in [2.05, 4.69) is 19.9 Å². The maximum atomic E-state index is 9.33. The van der Waals surface area contributed by atoms with Crippen molar-refractivity contribution < 1.29 is 9.63 Å². The van der Waals surface area contributed by atoms with E-state index in [-0.39, 0.29) is 31.4 Å². The van der Waals surface area contributed by atoms with Gasteiger partial charge in [-0.1, -0.05) is 5.16 Å². The van der Waals surface area contributed by atoms with Gasteiger partial charge < -0.3 is 20.3 Å². The number of rotatable bonds is 4. The summed E-state index contributed by atoms with van der Waals surface area (Å²) >= 11 is 0. The van der Waals surface area contributed by atoms with Crippen LogP contribution in [0.5, 0.6) is 5.75 Å². The molecule has 1 saturated heterocycles. The van der Waals surface area contributed by atoms with Crippen LogP contribution in [0.2, 0.25) is 0 Å². The van der Waals surface area contributed by atoms with Crippen LogP contribution < -0.4 is 10.6 Å². The Labute approximate surface area is 147 Å². The van der Waals surface area contributed by atoms with Crippen LogP contribution in [0.15, 0.2) is 28.8 Å². The van der Waals surface area contributed by atoms with Gasteiger partial charge in [-0.05, 0) is 24.3 Å². The Kier molecular flexibility index (Phi) is 7.57. The lowest BCUT2D eigenvalue weighted by Gasteiger charge is -2.35. The molecule has 1 aliphatic heterocycles. The number of phenols is 1. The molecule has 1 aromatic carbocycles. The summed E-state index contributed by atoms with van der Waals surface area (Å²) in [6.45, 7) is 4.72. The lowest BCUT2D eigenvalue weighted by atomic mass is 10.2. The van der Waals surface area contributed by atoms with Crippen molar-refractivity contribution in [3.63, 3.8) is 0 Å². The van der Waals surface area contributed by atoms with Gasteiger partial charge in [0.2, 0.25) is 5.89 Å². The first-order valence-electron chi connectivity index (χ1n) is 7.02. The Morgan fingerprint density at radius 2 is 1.74 bits per heavy atom. The number of hydrogen-bond donors (Lipinski definition) is 2. The first-order valence-corrected chi connectivity index (χ1v) is 7.02. The normalized spacial score (nSPS) is 14.9. The molecule has 0 atom stereocenters. The third-order valence-electron chi connectivity index (χ3n) is 3.64. The minimum atomic E-state index is 0. The average molecular weight is 362 g/mol. The summed E-state index contributed by atoms with van der Waals surface area (Å²) < 4.78 is 5.01. The summed E-state index contributed by atoms with van der Waals surface area (Å²) in [5.41, 5.74) is 6.59. The highest BCUT2D eigenvalue weighted by Crippen LogP contribution is 2.20. The predicted octanol–water partition coefficient (Wildman–Crippen LogP) is 1.40. The van der Waals surface area contributed by atoms with Crippen LogP contribution >= 0.6 is 24.8 Å². The molecule has 0 saturated carbocycles. The van der Waals surface area contributed by atoms with Crippen molar-refractivity contribution in [3.05, 3.63) is 36.0 Å². The molecule has 2 aromatic rings. The van der Waals surface area contributed by atoms with Crippen molar-refractivity contribution in [2.75, 3.05) is 31.1 Å². The van der Waals surface area contributed by atoms with Gasteiger partial charge in [0.15, 0.2) is 5.82 Å². The fourth-order valence-corrected chi connectivity index (χ4v) is 2.46. The highest BCUT2D eigenvalue weighted by atomic mass is 35.5. The van der Waals surface area contributed by atoms with E-state index in [0.717, 1.165) is 31.9 Å². The van der Waals surface area contributed by atoms with Gasteiger partial charge in [-0.2, -0.15) is 4.98 Å². The van der Waals surface area contributed by atoms with Crippen LogP contribution in [0, 0.1) is 0 Å². The van der Waals surface area contributed by atoms with Gasteiger partial charge in [0.25, 0.3) is 0 Å². The van der Waals surface area contributed by atoms with Crippen LogP contribution in [0.3, 0.4) is 0 Å². The van der Waals surface area contributed by atoms with E-state index in [1.165, 1.54) is 0 Å². The first-order chi connectivity index (χ1) is 10.2. The average Bonchev–Trinajstić information content (AvgIpc) is 2.97. The van der Waals surface area contributed by atoms with E-state index in [1.54, 1.807) is 12.1 Å². The van der Waals surface area contributed by atoms with Crippen molar-refractivity contribution in [1.82, 2.24) is 15.0 Å². The third-order valence-corrected chi connectivity index (χ3v) is 3.64. The molecule has 0 aliphatic carbocycles. The highest BCUT2D eigenvalue weighted by Gasteiger charge is 2.19. The smallest absolute Gasteiger partial charge is 0.240 e. The number of halogens is 2. The molecular formula is C14H21Cl2N5O2. The number of benzene rings is 1. The number of anilines is 1. The van der Waals surface area contributed by atoms with Crippen LogP contribution in [0.4, 0.5) is 5.69 Å². The summed E-state index contributed by atoms with van der Waals surface area (Å²) in [5.74, 6) is 1.46. The summed E-state index contributed by atoms with van der Waals surface area (Å²) in [6.07, 6.45) is 0. The van der Waals surface area contributed by atoms with Gasteiger partial charge in [-0.15, -0.1) is 24.8 Å².